The smallest absolute Gasteiger partial charge is 0.416 e. The predicted octanol–water partition coefficient (Wildman–Crippen LogP) is 8.21. The first-order chi connectivity index (χ1) is 35.0. The third kappa shape index (κ3) is 11.0. The van der Waals surface area contributed by atoms with Crippen LogP contribution in [-0.4, -0.2) is 102 Å². The van der Waals surface area contributed by atoms with E-state index >= 15 is 0 Å². The van der Waals surface area contributed by atoms with Crippen molar-refractivity contribution >= 4 is 40.9 Å². The van der Waals surface area contributed by atoms with Crippen LogP contribution >= 0.6 is 0 Å². The maximum atomic E-state index is 14.3. The Bertz CT molecular complexity index is 2790. The molecule has 15 nitrogen and oxygen atoms in total. The van der Waals surface area contributed by atoms with Crippen molar-refractivity contribution in [2.24, 2.45) is 17.1 Å². The summed E-state index contributed by atoms with van der Waals surface area (Å²) in [6, 6.07) is 20.8. The molecule has 2 fully saturated rings. The summed E-state index contributed by atoms with van der Waals surface area (Å²) in [6.45, 7) is 10.5. The highest BCUT2D eigenvalue weighted by Gasteiger charge is 2.58. The molecule has 4 amide bonds. The summed E-state index contributed by atoms with van der Waals surface area (Å²) in [5, 5.41) is 14.7. The fourth-order valence-corrected chi connectivity index (χ4v) is 10.6. The fraction of sp³-hybridized carbons (Fsp3) is 0.466. The number of nitrogens with two attached hydrogens (primary N) is 1. The molecule has 4 aliphatic heterocycles. The van der Waals surface area contributed by atoms with Crippen LogP contribution in [0, 0.1) is 25.2 Å². The molecule has 1 saturated heterocycles. The first kappa shape index (κ1) is 51.2. The molecule has 5 aliphatic rings. The summed E-state index contributed by atoms with van der Waals surface area (Å²) in [4.78, 5) is 72.5. The normalized spacial score (nSPS) is 20.3. The minimum Gasteiger partial charge on any atom is -0.493 e. The molecule has 9 rings (SSSR count). The Hall–Kier alpha value is -6.71. The molecular formula is C58H69N5O10. The molecule has 4 aromatic carbocycles. The number of nitrogens with one attached hydrogen (secondary N) is 1. The summed E-state index contributed by atoms with van der Waals surface area (Å²) in [5.41, 5.74) is 13.7. The number of hydrogen-bond donors (Lipinski definition) is 3. The van der Waals surface area contributed by atoms with Gasteiger partial charge < -0.3 is 44.9 Å². The fourth-order valence-electron chi connectivity index (χ4n) is 10.6. The van der Waals surface area contributed by atoms with E-state index in [0.29, 0.717) is 66.5 Å². The van der Waals surface area contributed by atoms with Gasteiger partial charge in [-0.25, -0.2) is 9.69 Å². The van der Waals surface area contributed by atoms with Gasteiger partial charge in [0.2, 0.25) is 5.91 Å². The Morgan fingerprint density at radius 1 is 0.849 bits per heavy atom. The van der Waals surface area contributed by atoms with Crippen molar-refractivity contribution < 1.29 is 48.0 Å². The second-order valence-electron chi connectivity index (χ2n) is 21.2. The highest BCUT2D eigenvalue weighted by atomic mass is 16.6. The van der Waals surface area contributed by atoms with Crippen molar-refractivity contribution in [3.63, 3.8) is 0 Å². The molecule has 0 unspecified atom stereocenters. The van der Waals surface area contributed by atoms with Crippen LogP contribution in [0.1, 0.15) is 126 Å². The molecule has 5 atom stereocenters. The predicted molar refractivity (Wildman–Crippen MR) is 276 cm³/mol. The molecule has 386 valence electrons. The van der Waals surface area contributed by atoms with Crippen molar-refractivity contribution in [1.82, 2.24) is 15.1 Å². The number of hydrogen-bond acceptors (Lipinski definition) is 11. The molecule has 0 bridgehead atoms. The lowest BCUT2D eigenvalue weighted by Crippen LogP contribution is -2.50. The molecule has 0 aromatic heterocycles. The van der Waals surface area contributed by atoms with Crippen molar-refractivity contribution in [3.05, 3.63) is 124 Å². The molecule has 4 heterocycles. The average molecular weight is 996 g/mol. The van der Waals surface area contributed by atoms with Crippen molar-refractivity contribution in [3.8, 4) is 17.2 Å². The van der Waals surface area contributed by atoms with Gasteiger partial charge in [0.1, 0.15) is 12.4 Å². The van der Waals surface area contributed by atoms with Gasteiger partial charge in [-0.2, -0.15) is 0 Å². The van der Waals surface area contributed by atoms with Crippen LogP contribution in [0.5, 0.6) is 17.2 Å². The summed E-state index contributed by atoms with van der Waals surface area (Å²) < 4.78 is 24.2. The number of nitrogens with zero attached hydrogens (tertiary/aromatic N) is 3. The maximum Gasteiger partial charge on any atom is 0.416 e. The first-order valence-corrected chi connectivity index (χ1v) is 25.9. The van der Waals surface area contributed by atoms with Gasteiger partial charge in [-0.1, -0.05) is 67.9 Å². The standard InChI is InChI=1S/C58H69N5O10/c1-34(2)52(59)53(65)60-37(5)48(64)25-38-12-14-39(15-13-38)32-73-57(69)63-46-29-49(36(4)24-45(46)55(67)62-33-58(20-21-58)30-47(62)56(63)68)71-22-8-7-9-23-72-51-27-41-18-19-43-26-42(40-16-10-35(3)11-17-40)31-61(43)54(66)44(41)28-50(51)70-6/h10-17,24,27-29,31,34,37,43,47,52,56,68H,7-9,18-23,25-26,30,32-33,59H2,1-6H3,(H,60,65)/t37-,43+,47-,52-,56-/m0/s1. The van der Waals surface area contributed by atoms with Crippen LogP contribution in [0.25, 0.3) is 5.57 Å². The van der Waals surface area contributed by atoms with Crippen LogP contribution in [0.4, 0.5) is 10.5 Å². The molecule has 15 heteroatoms. The summed E-state index contributed by atoms with van der Waals surface area (Å²) in [6.07, 6.45) is 7.11. The zero-order chi connectivity index (χ0) is 51.7. The van der Waals surface area contributed by atoms with Gasteiger partial charge in [0, 0.05) is 36.8 Å². The van der Waals surface area contributed by atoms with Crippen molar-refractivity contribution in [2.75, 3.05) is 31.8 Å². The van der Waals surface area contributed by atoms with E-state index in [1.54, 1.807) is 55.3 Å². The molecule has 73 heavy (non-hydrogen) atoms. The van der Waals surface area contributed by atoms with Gasteiger partial charge >= 0.3 is 6.09 Å². The Kier molecular flexibility index (Phi) is 15.0. The first-order valence-electron chi connectivity index (χ1n) is 25.9. The largest absolute Gasteiger partial charge is 0.493 e. The SMILES string of the molecule is COc1cc2c(cc1OCCCCCOc1cc3c(cc1C)C(=O)N1CC4(CC4)C[C@H]1[C@H](O)N3C(=O)OCc1ccc(CC(=O)[C@H](C)NC(=O)[C@@H](N)C(C)C)cc1)CC[C@@H]1CC(c3ccc(C)cc3)=CN1C2=O. The zero-order valence-corrected chi connectivity index (χ0v) is 42.9. The van der Waals surface area contributed by atoms with E-state index in [0.717, 1.165) is 67.2 Å². The Morgan fingerprint density at radius 3 is 2.23 bits per heavy atom. The third-order valence-corrected chi connectivity index (χ3v) is 15.5. The highest BCUT2D eigenvalue weighted by Crippen LogP contribution is 2.57. The number of amides is 4. The lowest BCUT2D eigenvalue weighted by Gasteiger charge is -2.31. The van der Waals surface area contributed by atoms with E-state index in [9.17, 15) is 29.1 Å². The number of aliphatic hydroxyl groups is 1. The highest BCUT2D eigenvalue weighted by molar-refractivity contribution is 6.06. The minimum atomic E-state index is -1.36. The lowest BCUT2D eigenvalue weighted by atomic mass is 9.97. The third-order valence-electron chi connectivity index (χ3n) is 15.5. The van der Waals surface area contributed by atoms with Crippen LogP contribution in [-0.2, 0) is 33.8 Å². The van der Waals surface area contributed by atoms with Crippen LogP contribution in [0.2, 0.25) is 0 Å². The summed E-state index contributed by atoms with van der Waals surface area (Å²) in [5.74, 6) is 0.749. The van der Waals surface area contributed by atoms with Gasteiger partial charge in [0.25, 0.3) is 11.8 Å². The minimum absolute atomic E-state index is 0.0220. The number of unbranched alkanes of at least 4 members (excludes halogenated alkanes) is 2. The monoisotopic (exact) mass is 996 g/mol. The number of anilines is 1. The van der Waals surface area contributed by atoms with Crippen LogP contribution < -0.4 is 30.2 Å². The van der Waals surface area contributed by atoms with E-state index in [4.69, 9.17) is 24.7 Å². The van der Waals surface area contributed by atoms with Gasteiger partial charge in [-0.3, -0.25) is 19.2 Å². The zero-order valence-electron chi connectivity index (χ0n) is 42.9. The van der Waals surface area contributed by atoms with E-state index in [2.05, 4.69) is 36.5 Å². The lowest BCUT2D eigenvalue weighted by molar-refractivity contribution is -0.128. The summed E-state index contributed by atoms with van der Waals surface area (Å²) >= 11 is 0. The average Bonchev–Trinajstić information content (AvgIpc) is 3.89. The number of fused-ring (bicyclic) bond motifs is 4. The van der Waals surface area contributed by atoms with E-state index in [1.165, 1.54) is 16.0 Å². The summed E-state index contributed by atoms with van der Waals surface area (Å²) in [7, 11) is 1.59. The number of benzene rings is 4. The van der Waals surface area contributed by atoms with Gasteiger partial charge in [-0.15, -0.1) is 0 Å². The van der Waals surface area contributed by atoms with Crippen LogP contribution in [0.3, 0.4) is 0 Å². The number of ether oxygens (including phenoxy) is 4. The molecule has 1 saturated carbocycles. The van der Waals surface area contributed by atoms with E-state index < -0.39 is 30.4 Å². The van der Waals surface area contributed by atoms with Gasteiger partial charge in [-0.05, 0) is 141 Å². The van der Waals surface area contributed by atoms with E-state index in [-0.39, 0.29) is 59.6 Å². The molecule has 4 aromatic rings. The topological polar surface area (TPSA) is 190 Å². The Morgan fingerprint density at radius 2 is 1.55 bits per heavy atom. The number of carbonyl (C=O) groups is 5. The number of methoxy groups -OCH3 is 1. The number of Topliss-reactive ketones (excluding diaryl/α,β-unsaturated/α-hetero) is 1. The van der Waals surface area contributed by atoms with Crippen molar-refractivity contribution in [1.29, 1.82) is 0 Å². The van der Waals surface area contributed by atoms with Crippen molar-refractivity contribution in [2.45, 2.75) is 136 Å². The van der Waals surface area contributed by atoms with Gasteiger partial charge in [0.05, 0.1) is 49.7 Å². The second kappa shape index (κ2) is 21.4. The number of carbonyl (C=O) groups excluding carboxylic acids is 5. The van der Waals surface area contributed by atoms with Gasteiger partial charge in [0.15, 0.2) is 23.5 Å². The number of aliphatic hydroxyl groups excluding tert-OH is 1. The number of aryl methyl sites for hydroxylation is 3. The second-order valence-corrected chi connectivity index (χ2v) is 21.2. The quantitative estimate of drug-likeness (QED) is 0.0815. The molecule has 4 N–H and O–H groups in total. The van der Waals surface area contributed by atoms with Crippen LogP contribution in [0.15, 0.2) is 79.0 Å². The molecular weight excluding hydrogens is 927 g/mol. The molecule has 0 radical (unpaired) electrons. The number of rotatable bonds is 18. The Labute approximate surface area is 428 Å². The number of ketones is 1. The molecule has 1 spiro atoms. The molecule has 1 aliphatic carbocycles. The Balaban J connectivity index is 0.804. The maximum absolute atomic E-state index is 14.3. The van der Waals surface area contributed by atoms with E-state index in [1.807, 2.05) is 44.0 Å².